The highest BCUT2D eigenvalue weighted by Gasteiger charge is 2.04. The van der Waals surface area contributed by atoms with E-state index in [1.807, 2.05) is 26.0 Å². The third-order valence-electron chi connectivity index (χ3n) is 2.26. The van der Waals surface area contributed by atoms with Gasteiger partial charge in [0.05, 0.1) is 10.9 Å². The molecular weight excluding hydrogens is 176 g/mol. The van der Waals surface area contributed by atoms with Crippen LogP contribution in [0.1, 0.15) is 17.0 Å². The lowest BCUT2D eigenvalue weighted by Gasteiger charge is -2.03. The standard InChI is InChI=1S/C11H12N2O/c1-6-4-7(2)10-9(5-6)11(14)13-8(3)12-10/h4-5H,1-3H3,(H,12,13,14). The zero-order chi connectivity index (χ0) is 10.3. The first-order valence-electron chi connectivity index (χ1n) is 4.56. The number of aromatic nitrogens is 2. The average Bonchev–Trinajstić information content (AvgIpc) is 2.07. The van der Waals surface area contributed by atoms with Gasteiger partial charge < -0.3 is 4.98 Å². The quantitative estimate of drug-likeness (QED) is 0.685. The normalized spacial score (nSPS) is 10.8. The van der Waals surface area contributed by atoms with Crippen LogP contribution in [0.25, 0.3) is 10.9 Å². The fraction of sp³-hybridized carbons (Fsp3) is 0.273. The van der Waals surface area contributed by atoms with Gasteiger partial charge in [0.15, 0.2) is 0 Å². The van der Waals surface area contributed by atoms with Crippen molar-refractivity contribution in [3.8, 4) is 0 Å². The lowest BCUT2D eigenvalue weighted by Crippen LogP contribution is -2.10. The number of nitrogens with zero attached hydrogens (tertiary/aromatic N) is 1. The van der Waals surface area contributed by atoms with E-state index >= 15 is 0 Å². The number of aryl methyl sites for hydroxylation is 3. The zero-order valence-electron chi connectivity index (χ0n) is 8.51. The van der Waals surface area contributed by atoms with Crippen molar-refractivity contribution in [1.29, 1.82) is 0 Å². The largest absolute Gasteiger partial charge is 0.310 e. The van der Waals surface area contributed by atoms with E-state index in [9.17, 15) is 4.79 Å². The topological polar surface area (TPSA) is 45.8 Å². The summed E-state index contributed by atoms with van der Waals surface area (Å²) in [4.78, 5) is 18.6. The van der Waals surface area contributed by atoms with Crippen LogP contribution in [0, 0.1) is 20.8 Å². The van der Waals surface area contributed by atoms with Crippen LogP contribution in [-0.2, 0) is 0 Å². The van der Waals surface area contributed by atoms with Gasteiger partial charge in [-0.2, -0.15) is 0 Å². The van der Waals surface area contributed by atoms with Crippen molar-refractivity contribution in [3.05, 3.63) is 39.4 Å². The first-order chi connectivity index (χ1) is 6.58. The smallest absolute Gasteiger partial charge is 0.258 e. The lowest BCUT2D eigenvalue weighted by atomic mass is 10.1. The molecule has 1 aromatic heterocycles. The third kappa shape index (κ3) is 1.31. The molecular formula is C11H12N2O. The average molecular weight is 188 g/mol. The number of H-pyrrole nitrogens is 1. The van der Waals surface area contributed by atoms with Gasteiger partial charge >= 0.3 is 0 Å². The van der Waals surface area contributed by atoms with Crippen molar-refractivity contribution >= 4 is 10.9 Å². The van der Waals surface area contributed by atoms with E-state index in [0.29, 0.717) is 11.2 Å². The second kappa shape index (κ2) is 2.94. The fourth-order valence-corrected chi connectivity index (χ4v) is 1.71. The molecule has 0 fully saturated rings. The molecule has 1 heterocycles. The number of hydrogen-bond donors (Lipinski definition) is 1. The summed E-state index contributed by atoms with van der Waals surface area (Å²) in [5, 5.41) is 0.674. The maximum absolute atomic E-state index is 11.6. The summed E-state index contributed by atoms with van der Waals surface area (Å²) in [7, 11) is 0. The predicted octanol–water partition coefficient (Wildman–Crippen LogP) is 1.85. The molecule has 2 aromatic rings. The van der Waals surface area contributed by atoms with Crippen LogP contribution in [0.5, 0.6) is 0 Å². The monoisotopic (exact) mass is 188 g/mol. The van der Waals surface area contributed by atoms with Gasteiger partial charge in [0.2, 0.25) is 0 Å². The maximum atomic E-state index is 11.6. The molecule has 0 aliphatic heterocycles. The van der Waals surface area contributed by atoms with E-state index in [1.54, 1.807) is 6.92 Å². The molecule has 14 heavy (non-hydrogen) atoms. The van der Waals surface area contributed by atoms with Gasteiger partial charge in [-0.05, 0) is 38.0 Å². The Kier molecular flexibility index (Phi) is 1.88. The van der Waals surface area contributed by atoms with Gasteiger partial charge in [-0.25, -0.2) is 4.98 Å². The Morgan fingerprint density at radius 1 is 1.21 bits per heavy atom. The maximum Gasteiger partial charge on any atom is 0.258 e. The molecule has 3 heteroatoms. The Morgan fingerprint density at radius 2 is 1.93 bits per heavy atom. The first kappa shape index (κ1) is 8.94. The Bertz CT molecular complexity index is 555. The van der Waals surface area contributed by atoms with Crippen molar-refractivity contribution < 1.29 is 0 Å². The molecule has 0 atom stereocenters. The van der Waals surface area contributed by atoms with Crippen molar-refractivity contribution in [1.82, 2.24) is 9.97 Å². The lowest BCUT2D eigenvalue weighted by molar-refractivity contribution is 1.05. The summed E-state index contributed by atoms with van der Waals surface area (Å²) in [6.45, 7) is 5.74. The molecule has 0 bridgehead atoms. The molecule has 3 nitrogen and oxygen atoms in total. The van der Waals surface area contributed by atoms with E-state index < -0.39 is 0 Å². The van der Waals surface area contributed by atoms with Gasteiger partial charge in [-0.1, -0.05) is 6.07 Å². The van der Waals surface area contributed by atoms with Crippen LogP contribution in [0.15, 0.2) is 16.9 Å². The number of nitrogens with one attached hydrogen (secondary N) is 1. The van der Waals surface area contributed by atoms with Gasteiger partial charge in [-0.15, -0.1) is 0 Å². The molecule has 0 aliphatic rings. The van der Waals surface area contributed by atoms with E-state index in [4.69, 9.17) is 0 Å². The predicted molar refractivity (Wildman–Crippen MR) is 56.6 cm³/mol. The summed E-state index contributed by atoms with van der Waals surface area (Å²) in [5.41, 5.74) is 2.89. The summed E-state index contributed by atoms with van der Waals surface area (Å²) < 4.78 is 0. The third-order valence-corrected chi connectivity index (χ3v) is 2.26. The van der Waals surface area contributed by atoms with Crippen molar-refractivity contribution in [2.75, 3.05) is 0 Å². The van der Waals surface area contributed by atoms with Crippen LogP contribution in [0.4, 0.5) is 0 Å². The number of aromatic amines is 1. The number of rotatable bonds is 0. The summed E-state index contributed by atoms with van der Waals surface area (Å²) in [5.74, 6) is 0.662. The Hall–Kier alpha value is -1.64. The molecule has 0 saturated carbocycles. The van der Waals surface area contributed by atoms with Gasteiger partial charge in [-0.3, -0.25) is 4.79 Å². The Morgan fingerprint density at radius 3 is 2.64 bits per heavy atom. The molecule has 1 aromatic carbocycles. The molecule has 0 unspecified atom stereocenters. The van der Waals surface area contributed by atoms with Crippen LogP contribution >= 0.6 is 0 Å². The minimum Gasteiger partial charge on any atom is -0.310 e. The molecule has 1 N–H and O–H groups in total. The summed E-state index contributed by atoms with van der Waals surface area (Å²) in [6, 6.07) is 3.90. The molecule has 0 spiro atoms. The van der Waals surface area contributed by atoms with Gasteiger partial charge in [0.1, 0.15) is 5.82 Å². The highest BCUT2D eigenvalue weighted by molar-refractivity contribution is 5.81. The highest BCUT2D eigenvalue weighted by Crippen LogP contribution is 2.14. The highest BCUT2D eigenvalue weighted by atomic mass is 16.1. The molecule has 72 valence electrons. The van der Waals surface area contributed by atoms with E-state index in [0.717, 1.165) is 16.6 Å². The SMILES string of the molecule is Cc1cc(C)c2nc(C)[nH]c(=O)c2c1. The summed E-state index contributed by atoms with van der Waals surface area (Å²) in [6.07, 6.45) is 0. The number of fused-ring (bicyclic) bond motifs is 1. The van der Waals surface area contributed by atoms with Gasteiger partial charge in [0, 0.05) is 0 Å². The minimum absolute atomic E-state index is 0.0562. The van der Waals surface area contributed by atoms with Crippen molar-refractivity contribution in [2.24, 2.45) is 0 Å². The van der Waals surface area contributed by atoms with Crippen molar-refractivity contribution in [3.63, 3.8) is 0 Å². The molecule has 0 radical (unpaired) electrons. The van der Waals surface area contributed by atoms with Crippen LogP contribution in [0.2, 0.25) is 0 Å². The molecule has 2 rings (SSSR count). The van der Waals surface area contributed by atoms with Crippen molar-refractivity contribution in [2.45, 2.75) is 20.8 Å². The minimum atomic E-state index is -0.0562. The number of hydrogen-bond acceptors (Lipinski definition) is 2. The van der Waals surface area contributed by atoms with Crippen LogP contribution < -0.4 is 5.56 Å². The Labute approximate surface area is 81.8 Å². The van der Waals surface area contributed by atoms with Gasteiger partial charge in [0.25, 0.3) is 5.56 Å². The number of benzene rings is 1. The molecule has 0 amide bonds. The zero-order valence-corrected chi connectivity index (χ0v) is 8.51. The second-order valence-electron chi connectivity index (χ2n) is 3.63. The van der Waals surface area contributed by atoms with E-state index in [1.165, 1.54) is 0 Å². The first-order valence-corrected chi connectivity index (χ1v) is 4.56. The van der Waals surface area contributed by atoms with Crippen LogP contribution in [0.3, 0.4) is 0 Å². The molecule has 0 aliphatic carbocycles. The fourth-order valence-electron chi connectivity index (χ4n) is 1.71. The second-order valence-corrected chi connectivity index (χ2v) is 3.63. The van der Waals surface area contributed by atoms with Crippen LogP contribution in [-0.4, -0.2) is 9.97 Å². The Balaban J connectivity index is 3.02. The van der Waals surface area contributed by atoms with E-state index in [2.05, 4.69) is 9.97 Å². The summed E-state index contributed by atoms with van der Waals surface area (Å²) >= 11 is 0. The molecule has 0 saturated heterocycles. The van der Waals surface area contributed by atoms with E-state index in [-0.39, 0.29) is 5.56 Å².